The van der Waals surface area contributed by atoms with Crippen molar-refractivity contribution in [3.05, 3.63) is 58.4 Å². The second-order valence-corrected chi connectivity index (χ2v) is 5.76. The topological polar surface area (TPSA) is 65.7 Å². The van der Waals surface area contributed by atoms with E-state index in [2.05, 4.69) is 0 Å². The molecule has 5 nitrogen and oxygen atoms in total. The Hall–Kier alpha value is -3.08. The lowest BCUT2D eigenvalue weighted by Crippen LogP contribution is -2.08. The number of Topliss-reactive ketones (excluding diaryl/α,β-unsaturated/α-hetero) is 1. The van der Waals surface area contributed by atoms with Gasteiger partial charge in [-0.1, -0.05) is 12.1 Å². The first kappa shape index (κ1) is 16.8. The molecular weight excluding hydrogens is 320 g/mol. The summed E-state index contributed by atoms with van der Waals surface area (Å²) in [5.41, 5.74) is 2.36. The first-order valence-corrected chi connectivity index (χ1v) is 7.83. The molecule has 0 N–H and O–H groups in total. The summed E-state index contributed by atoms with van der Waals surface area (Å²) in [7, 11) is 1.60. The molecule has 0 aliphatic heterocycles. The van der Waals surface area contributed by atoms with Gasteiger partial charge in [-0.3, -0.25) is 4.79 Å². The summed E-state index contributed by atoms with van der Waals surface area (Å²) >= 11 is 0. The van der Waals surface area contributed by atoms with E-state index in [-0.39, 0.29) is 12.4 Å². The lowest BCUT2D eigenvalue weighted by molar-refractivity contribution is -0.118. The maximum atomic E-state index is 12.0. The van der Waals surface area contributed by atoms with E-state index in [4.69, 9.17) is 13.9 Å². The molecule has 0 unspecified atom stereocenters. The van der Waals surface area contributed by atoms with Crippen molar-refractivity contribution in [1.29, 1.82) is 0 Å². The van der Waals surface area contributed by atoms with Crippen LogP contribution in [0.25, 0.3) is 22.1 Å². The molecule has 25 heavy (non-hydrogen) atoms. The Balaban J connectivity index is 2.15. The highest BCUT2D eigenvalue weighted by Gasteiger charge is 2.13. The normalized spacial score (nSPS) is 10.7. The number of hydrogen-bond acceptors (Lipinski definition) is 5. The van der Waals surface area contributed by atoms with E-state index in [1.165, 1.54) is 13.0 Å². The first-order chi connectivity index (χ1) is 12.0. The van der Waals surface area contributed by atoms with E-state index >= 15 is 0 Å². The first-order valence-electron chi connectivity index (χ1n) is 7.83. The van der Waals surface area contributed by atoms with Gasteiger partial charge in [-0.05, 0) is 49.2 Å². The van der Waals surface area contributed by atoms with Crippen LogP contribution in [0.2, 0.25) is 0 Å². The van der Waals surface area contributed by atoms with Crippen molar-refractivity contribution < 1.29 is 18.7 Å². The predicted octanol–water partition coefficient (Wildman–Crippen LogP) is 3.74. The molecule has 0 fully saturated rings. The third-order valence-corrected chi connectivity index (χ3v) is 3.94. The molecule has 128 valence electrons. The molecule has 0 radical (unpaired) electrons. The molecule has 3 rings (SSSR count). The van der Waals surface area contributed by atoms with Crippen LogP contribution in [0, 0.1) is 6.92 Å². The van der Waals surface area contributed by atoms with Gasteiger partial charge >= 0.3 is 5.63 Å². The average molecular weight is 338 g/mol. The maximum absolute atomic E-state index is 12.0. The average Bonchev–Trinajstić information content (AvgIpc) is 2.61. The van der Waals surface area contributed by atoms with Crippen molar-refractivity contribution in [2.24, 2.45) is 0 Å². The number of benzene rings is 2. The number of ketones is 1. The van der Waals surface area contributed by atoms with E-state index in [0.717, 1.165) is 22.3 Å². The fourth-order valence-corrected chi connectivity index (χ4v) is 2.69. The van der Waals surface area contributed by atoms with Crippen LogP contribution in [0.15, 0.2) is 51.7 Å². The summed E-state index contributed by atoms with van der Waals surface area (Å²) in [5, 5.41) is 0.803. The number of ether oxygens (including phenoxy) is 2. The molecule has 0 saturated carbocycles. The number of carbonyl (C=O) groups excluding carboxylic acids is 1. The fraction of sp³-hybridized carbons (Fsp3) is 0.200. The lowest BCUT2D eigenvalue weighted by atomic mass is 10.00. The fourth-order valence-electron chi connectivity index (χ4n) is 2.69. The van der Waals surface area contributed by atoms with Gasteiger partial charge in [0, 0.05) is 17.0 Å². The summed E-state index contributed by atoms with van der Waals surface area (Å²) in [6.07, 6.45) is 0. The Kier molecular flexibility index (Phi) is 4.57. The van der Waals surface area contributed by atoms with Gasteiger partial charge in [-0.25, -0.2) is 4.79 Å². The lowest BCUT2D eigenvalue weighted by Gasteiger charge is -2.12. The largest absolute Gasteiger partial charge is 0.497 e. The van der Waals surface area contributed by atoms with Crippen LogP contribution in [0.1, 0.15) is 12.5 Å². The maximum Gasteiger partial charge on any atom is 0.336 e. The predicted molar refractivity (Wildman–Crippen MR) is 95.4 cm³/mol. The van der Waals surface area contributed by atoms with Crippen molar-refractivity contribution >= 4 is 16.8 Å². The van der Waals surface area contributed by atoms with Crippen molar-refractivity contribution in [1.82, 2.24) is 0 Å². The number of carbonyl (C=O) groups is 1. The molecule has 2 aromatic carbocycles. The molecule has 3 aromatic rings. The smallest absolute Gasteiger partial charge is 0.336 e. The van der Waals surface area contributed by atoms with Gasteiger partial charge in [0.05, 0.1) is 7.11 Å². The van der Waals surface area contributed by atoms with Crippen molar-refractivity contribution in [2.45, 2.75) is 13.8 Å². The van der Waals surface area contributed by atoms with Crippen molar-refractivity contribution in [2.75, 3.05) is 13.7 Å². The number of hydrogen-bond donors (Lipinski definition) is 0. The van der Waals surface area contributed by atoms with E-state index < -0.39 is 5.63 Å². The molecule has 0 spiro atoms. The summed E-state index contributed by atoms with van der Waals surface area (Å²) in [6.45, 7) is 3.24. The van der Waals surface area contributed by atoms with Crippen molar-refractivity contribution in [3.63, 3.8) is 0 Å². The SMILES string of the molecule is COc1ccc(-c2cc(=O)oc3c(C)c(OCC(C)=O)ccc23)cc1. The molecule has 0 amide bonds. The highest BCUT2D eigenvalue weighted by Crippen LogP contribution is 2.33. The van der Waals surface area contributed by atoms with E-state index in [1.807, 2.05) is 30.3 Å². The Labute approximate surface area is 144 Å². The quantitative estimate of drug-likeness (QED) is 0.663. The Morgan fingerprint density at radius 2 is 1.84 bits per heavy atom. The second kappa shape index (κ2) is 6.81. The van der Waals surface area contributed by atoms with Crippen LogP contribution < -0.4 is 15.1 Å². The molecule has 5 heteroatoms. The molecule has 0 atom stereocenters. The van der Waals surface area contributed by atoms with Crippen LogP contribution >= 0.6 is 0 Å². The monoisotopic (exact) mass is 338 g/mol. The zero-order chi connectivity index (χ0) is 18.0. The van der Waals surface area contributed by atoms with E-state index in [1.54, 1.807) is 20.1 Å². The minimum Gasteiger partial charge on any atom is -0.497 e. The van der Waals surface area contributed by atoms with Gasteiger partial charge in [0.15, 0.2) is 5.78 Å². The molecule has 1 heterocycles. The molecule has 0 aliphatic carbocycles. The highest BCUT2D eigenvalue weighted by molar-refractivity contribution is 5.95. The van der Waals surface area contributed by atoms with Crippen LogP contribution in [0.4, 0.5) is 0 Å². The zero-order valence-corrected chi connectivity index (χ0v) is 14.3. The van der Waals surface area contributed by atoms with Crippen LogP contribution in [-0.4, -0.2) is 19.5 Å². The minimum atomic E-state index is -0.440. The zero-order valence-electron chi connectivity index (χ0n) is 14.3. The van der Waals surface area contributed by atoms with Gasteiger partial charge < -0.3 is 13.9 Å². The van der Waals surface area contributed by atoms with Gasteiger partial charge in [0.1, 0.15) is 23.7 Å². The standard InChI is InChI=1S/C20H18O5/c1-12(21)11-24-18-9-8-16-17(10-19(22)25-20(16)13(18)2)14-4-6-15(23-3)7-5-14/h4-10H,11H2,1-3H3. The third-order valence-electron chi connectivity index (χ3n) is 3.94. The number of fused-ring (bicyclic) bond motifs is 1. The molecule has 1 aromatic heterocycles. The molecule has 0 saturated heterocycles. The Morgan fingerprint density at radius 3 is 2.48 bits per heavy atom. The Morgan fingerprint density at radius 1 is 1.12 bits per heavy atom. The molecule has 0 aliphatic rings. The van der Waals surface area contributed by atoms with Gasteiger partial charge in [0.25, 0.3) is 0 Å². The van der Waals surface area contributed by atoms with Crippen LogP contribution in [-0.2, 0) is 4.79 Å². The summed E-state index contributed by atoms with van der Waals surface area (Å²) in [6, 6.07) is 12.6. The Bertz CT molecular complexity index is 983. The number of methoxy groups -OCH3 is 1. The van der Waals surface area contributed by atoms with Crippen LogP contribution in [0.3, 0.4) is 0 Å². The van der Waals surface area contributed by atoms with Gasteiger partial charge in [0.2, 0.25) is 0 Å². The highest BCUT2D eigenvalue weighted by atomic mass is 16.5. The summed E-state index contributed by atoms with van der Waals surface area (Å²) in [4.78, 5) is 23.2. The number of aryl methyl sites for hydroxylation is 1. The van der Waals surface area contributed by atoms with E-state index in [0.29, 0.717) is 16.9 Å². The summed E-state index contributed by atoms with van der Waals surface area (Å²) in [5.74, 6) is 1.19. The summed E-state index contributed by atoms with van der Waals surface area (Å²) < 4.78 is 16.1. The minimum absolute atomic E-state index is 0.0191. The van der Waals surface area contributed by atoms with Crippen LogP contribution in [0.5, 0.6) is 11.5 Å². The number of rotatable bonds is 5. The van der Waals surface area contributed by atoms with Gasteiger partial charge in [-0.2, -0.15) is 0 Å². The van der Waals surface area contributed by atoms with Gasteiger partial charge in [-0.15, -0.1) is 0 Å². The molecule has 0 bridgehead atoms. The second-order valence-electron chi connectivity index (χ2n) is 5.76. The third kappa shape index (κ3) is 3.40. The van der Waals surface area contributed by atoms with Crippen molar-refractivity contribution in [3.8, 4) is 22.6 Å². The molecular formula is C20H18O5. The van der Waals surface area contributed by atoms with E-state index in [9.17, 15) is 9.59 Å².